The molecule has 0 aromatic carbocycles. The molecule has 8 nitrogen and oxygen atoms in total. The smallest absolute Gasteiger partial charge is 0.268 e. The van der Waals surface area contributed by atoms with Crippen molar-refractivity contribution in [2.45, 2.75) is 257 Å². The maximum atomic E-state index is 12.8. The van der Waals surface area contributed by atoms with Crippen molar-refractivity contribution in [3.8, 4) is 0 Å². The van der Waals surface area contributed by atoms with E-state index in [-0.39, 0.29) is 19.1 Å². The second kappa shape index (κ2) is 41.6. The number of phosphoric ester groups is 1. The molecule has 0 saturated carbocycles. The molecular weight excluding hydrogens is 744 g/mol. The Labute approximate surface area is 361 Å². The monoisotopic (exact) mass is 843 g/mol. The summed E-state index contributed by atoms with van der Waals surface area (Å²) in [5, 5.41) is 13.6. The van der Waals surface area contributed by atoms with E-state index in [9.17, 15) is 19.4 Å². The Kier molecular flexibility index (Phi) is 41.0. The Bertz CT molecular complexity index is 958. The van der Waals surface area contributed by atoms with E-state index < -0.39 is 20.0 Å². The van der Waals surface area contributed by atoms with Crippen LogP contribution in [0.3, 0.4) is 0 Å². The van der Waals surface area contributed by atoms with Gasteiger partial charge in [0.05, 0.1) is 39.9 Å². The number of unbranched alkanes of at least 4 members (excludes halogenated alkanes) is 33. The van der Waals surface area contributed by atoms with Crippen LogP contribution in [-0.2, 0) is 18.4 Å². The molecule has 0 radical (unpaired) electrons. The summed E-state index contributed by atoms with van der Waals surface area (Å²) in [5.41, 5.74) is 0. The lowest BCUT2D eigenvalue weighted by Gasteiger charge is -2.29. The van der Waals surface area contributed by atoms with Gasteiger partial charge in [-0.2, -0.15) is 0 Å². The highest BCUT2D eigenvalue weighted by atomic mass is 31.2. The molecule has 2 N–H and O–H groups in total. The third kappa shape index (κ3) is 43.3. The standard InChI is InChI=1S/C49H99N2O6P/c1-6-8-10-12-14-15-16-17-18-19-20-21-22-23-24-25-26-27-28-29-30-31-32-33-34-35-36-37-39-41-43-49(53)50-47(48(52)42-40-38-13-11-9-7-2)46-57-58(54,55)56-45-44-51(3,4)5/h40,42,47-48,52H,6-39,41,43-46H2,1-5H3,(H-,50,53,54,55)/b42-40+. The van der Waals surface area contributed by atoms with Crippen LogP contribution in [0.4, 0.5) is 0 Å². The highest BCUT2D eigenvalue weighted by Crippen LogP contribution is 2.38. The number of hydrogen-bond acceptors (Lipinski definition) is 6. The van der Waals surface area contributed by atoms with Crippen molar-refractivity contribution in [1.82, 2.24) is 5.32 Å². The Morgan fingerprint density at radius 2 is 0.931 bits per heavy atom. The van der Waals surface area contributed by atoms with Crippen LogP contribution in [0, 0.1) is 0 Å². The molecule has 346 valence electrons. The zero-order valence-corrected chi connectivity index (χ0v) is 40.2. The minimum Gasteiger partial charge on any atom is -0.756 e. The summed E-state index contributed by atoms with van der Waals surface area (Å²) < 4.78 is 23.1. The number of carbonyl (C=O) groups excluding carboxylic acids is 1. The van der Waals surface area contributed by atoms with E-state index >= 15 is 0 Å². The van der Waals surface area contributed by atoms with Gasteiger partial charge in [-0.1, -0.05) is 231 Å². The molecule has 58 heavy (non-hydrogen) atoms. The third-order valence-corrected chi connectivity index (χ3v) is 12.5. The first kappa shape index (κ1) is 57.2. The first-order valence-electron chi connectivity index (χ1n) is 25.1. The number of quaternary nitrogens is 1. The fraction of sp³-hybridized carbons (Fsp3) is 0.939. The summed E-state index contributed by atoms with van der Waals surface area (Å²) in [6, 6.07) is -0.878. The van der Waals surface area contributed by atoms with Gasteiger partial charge in [0.1, 0.15) is 13.2 Å². The summed E-state index contributed by atoms with van der Waals surface area (Å²) in [6.07, 6.45) is 49.0. The van der Waals surface area contributed by atoms with Gasteiger partial charge in [-0.3, -0.25) is 9.36 Å². The largest absolute Gasteiger partial charge is 0.756 e. The maximum Gasteiger partial charge on any atom is 0.268 e. The quantitative estimate of drug-likeness (QED) is 0.0273. The fourth-order valence-corrected chi connectivity index (χ4v) is 8.23. The van der Waals surface area contributed by atoms with Gasteiger partial charge in [-0.05, 0) is 19.3 Å². The normalized spacial score (nSPS) is 14.3. The van der Waals surface area contributed by atoms with E-state index in [1.54, 1.807) is 6.08 Å². The van der Waals surface area contributed by atoms with Crippen molar-refractivity contribution < 1.29 is 32.9 Å². The second-order valence-electron chi connectivity index (χ2n) is 18.5. The van der Waals surface area contributed by atoms with E-state index in [1.165, 1.54) is 180 Å². The predicted molar refractivity (Wildman–Crippen MR) is 247 cm³/mol. The van der Waals surface area contributed by atoms with Gasteiger partial charge < -0.3 is 28.8 Å². The van der Waals surface area contributed by atoms with Crippen LogP contribution in [0.25, 0.3) is 0 Å². The van der Waals surface area contributed by atoms with Crippen LogP contribution in [0.15, 0.2) is 12.2 Å². The Morgan fingerprint density at radius 3 is 1.29 bits per heavy atom. The molecule has 0 rings (SSSR count). The average Bonchev–Trinajstić information content (AvgIpc) is 3.17. The Balaban J connectivity index is 3.84. The summed E-state index contributed by atoms with van der Waals surface area (Å²) in [4.78, 5) is 25.2. The predicted octanol–water partition coefficient (Wildman–Crippen LogP) is 13.7. The minimum atomic E-state index is -4.57. The molecule has 3 atom stereocenters. The lowest BCUT2D eigenvalue weighted by Crippen LogP contribution is -2.45. The number of carbonyl (C=O) groups is 1. The third-order valence-electron chi connectivity index (χ3n) is 11.5. The molecule has 0 aliphatic carbocycles. The number of hydrogen-bond donors (Lipinski definition) is 2. The van der Waals surface area contributed by atoms with E-state index in [1.807, 2.05) is 27.2 Å². The SMILES string of the molecule is CCCCCC/C=C/C(O)C(COP(=O)([O-])OCC[N+](C)(C)C)NC(=O)CCCCCCCCCCCCCCCCCCCCCCCCCCCCCCCC. The first-order valence-corrected chi connectivity index (χ1v) is 26.5. The van der Waals surface area contributed by atoms with Gasteiger partial charge in [0.2, 0.25) is 5.91 Å². The number of aliphatic hydroxyl groups is 1. The lowest BCUT2D eigenvalue weighted by atomic mass is 10.0. The zero-order valence-electron chi connectivity index (χ0n) is 39.3. The molecular formula is C49H99N2O6P. The van der Waals surface area contributed by atoms with Crippen LogP contribution in [0.2, 0.25) is 0 Å². The Hall–Kier alpha value is -0.760. The van der Waals surface area contributed by atoms with Gasteiger partial charge in [-0.25, -0.2) is 0 Å². The topological polar surface area (TPSA) is 108 Å². The molecule has 3 unspecified atom stereocenters. The first-order chi connectivity index (χ1) is 28.0. The molecule has 0 bridgehead atoms. The number of rotatable bonds is 46. The molecule has 0 spiro atoms. The second-order valence-corrected chi connectivity index (χ2v) is 19.9. The van der Waals surface area contributed by atoms with Crippen molar-refractivity contribution in [2.75, 3.05) is 40.9 Å². The van der Waals surface area contributed by atoms with Gasteiger partial charge >= 0.3 is 0 Å². The molecule has 0 fully saturated rings. The minimum absolute atomic E-state index is 0.00120. The van der Waals surface area contributed by atoms with Crippen LogP contribution < -0.4 is 10.2 Å². The molecule has 0 aliphatic heterocycles. The highest BCUT2D eigenvalue weighted by molar-refractivity contribution is 7.45. The number of nitrogens with zero attached hydrogens (tertiary/aromatic N) is 1. The van der Waals surface area contributed by atoms with Gasteiger partial charge in [0, 0.05) is 6.42 Å². The van der Waals surface area contributed by atoms with Crippen LogP contribution in [0.1, 0.15) is 245 Å². The molecule has 0 aliphatic rings. The molecule has 0 aromatic heterocycles. The van der Waals surface area contributed by atoms with Crippen molar-refractivity contribution in [2.24, 2.45) is 0 Å². The van der Waals surface area contributed by atoms with E-state index in [0.717, 1.165) is 44.9 Å². The van der Waals surface area contributed by atoms with Crippen molar-refractivity contribution >= 4 is 13.7 Å². The molecule has 1 amide bonds. The molecule has 0 aromatic rings. The number of phosphoric acid groups is 1. The van der Waals surface area contributed by atoms with Crippen LogP contribution >= 0.6 is 7.82 Å². The zero-order chi connectivity index (χ0) is 42.8. The van der Waals surface area contributed by atoms with Crippen molar-refractivity contribution in [3.05, 3.63) is 12.2 Å². The molecule has 0 heterocycles. The van der Waals surface area contributed by atoms with Gasteiger partial charge in [0.15, 0.2) is 0 Å². The molecule has 0 saturated heterocycles. The number of aliphatic hydroxyl groups excluding tert-OH is 1. The molecule has 9 heteroatoms. The number of nitrogens with one attached hydrogen (secondary N) is 1. The highest BCUT2D eigenvalue weighted by Gasteiger charge is 2.23. The van der Waals surface area contributed by atoms with Gasteiger partial charge in [0.25, 0.3) is 7.82 Å². The van der Waals surface area contributed by atoms with Gasteiger partial charge in [-0.15, -0.1) is 0 Å². The number of allylic oxidation sites excluding steroid dienone is 1. The number of likely N-dealkylation sites (N-methyl/N-ethyl adjacent to an activating group) is 1. The number of amides is 1. The van der Waals surface area contributed by atoms with Crippen LogP contribution in [-0.4, -0.2) is 68.5 Å². The van der Waals surface area contributed by atoms with E-state index in [4.69, 9.17) is 9.05 Å². The van der Waals surface area contributed by atoms with E-state index in [2.05, 4.69) is 19.2 Å². The summed E-state index contributed by atoms with van der Waals surface area (Å²) in [6.45, 7) is 4.58. The fourth-order valence-electron chi connectivity index (χ4n) is 7.51. The summed E-state index contributed by atoms with van der Waals surface area (Å²) in [7, 11) is 1.27. The van der Waals surface area contributed by atoms with Crippen molar-refractivity contribution in [1.29, 1.82) is 0 Å². The Morgan fingerprint density at radius 1 is 0.586 bits per heavy atom. The lowest BCUT2D eigenvalue weighted by molar-refractivity contribution is -0.870. The summed E-state index contributed by atoms with van der Waals surface area (Å²) >= 11 is 0. The maximum absolute atomic E-state index is 12.8. The van der Waals surface area contributed by atoms with Crippen LogP contribution in [0.5, 0.6) is 0 Å². The van der Waals surface area contributed by atoms with E-state index in [0.29, 0.717) is 17.4 Å². The van der Waals surface area contributed by atoms with Crippen molar-refractivity contribution in [3.63, 3.8) is 0 Å². The average molecular weight is 843 g/mol. The summed E-state index contributed by atoms with van der Waals surface area (Å²) in [5.74, 6) is -0.198.